The van der Waals surface area contributed by atoms with Gasteiger partial charge in [0.15, 0.2) is 5.82 Å². The molecule has 0 radical (unpaired) electrons. The molecular formula is C20H23N5O3. The molecule has 8 heteroatoms. The lowest BCUT2D eigenvalue weighted by Gasteiger charge is -2.31. The zero-order valence-corrected chi connectivity index (χ0v) is 15.7. The molecule has 146 valence electrons. The number of aryl methyl sites for hydroxylation is 1. The van der Waals surface area contributed by atoms with Crippen molar-refractivity contribution in [3.63, 3.8) is 0 Å². The topological polar surface area (TPSA) is 96.3 Å². The van der Waals surface area contributed by atoms with Crippen LogP contribution in [0.4, 0.5) is 10.5 Å². The summed E-state index contributed by atoms with van der Waals surface area (Å²) in [6.07, 6.45) is 3.54. The van der Waals surface area contributed by atoms with Gasteiger partial charge in [-0.3, -0.25) is 5.10 Å². The number of anilines is 1. The van der Waals surface area contributed by atoms with E-state index < -0.39 is 0 Å². The zero-order valence-electron chi connectivity index (χ0n) is 15.7. The maximum absolute atomic E-state index is 12.6. The number of nitrogens with zero attached hydrogens (tertiary/aromatic N) is 3. The van der Waals surface area contributed by atoms with E-state index in [0.29, 0.717) is 18.9 Å². The molecule has 8 nitrogen and oxygen atoms in total. The van der Waals surface area contributed by atoms with E-state index in [1.807, 2.05) is 48.2 Å². The van der Waals surface area contributed by atoms with Gasteiger partial charge in [-0.15, -0.1) is 0 Å². The van der Waals surface area contributed by atoms with Crippen molar-refractivity contribution in [3.8, 4) is 5.75 Å². The van der Waals surface area contributed by atoms with Crippen LogP contribution in [0.3, 0.4) is 0 Å². The number of carbonyl (C=O) groups excluding carboxylic acids is 1. The Labute approximate surface area is 162 Å². The number of rotatable bonds is 5. The number of hydrogen-bond acceptors (Lipinski definition) is 5. The summed E-state index contributed by atoms with van der Waals surface area (Å²) in [5.41, 5.74) is 0.728. The molecule has 1 unspecified atom stereocenters. The van der Waals surface area contributed by atoms with Crippen molar-refractivity contribution in [2.24, 2.45) is 0 Å². The van der Waals surface area contributed by atoms with E-state index in [0.717, 1.165) is 42.5 Å². The first-order valence-corrected chi connectivity index (χ1v) is 9.37. The molecular weight excluding hydrogens is 358 g/mol. The molecule has 1 aliphatic rings. The van der Waals surface area contributed by atoms with E-state index in [9.17, 15) is 4.79 Å². The Morgan fingerprint density at radius 3 is 2.93 bits per heavy atom. The van der Waals surface area contributed by atoms with E-state index in [1.165, 1.54) is 0 Å². The standard InChI is InChI=1S/C20H23N5O3/c1-14-21-19(24-23-14)15-4-2-10-25(12-15)20(26)22-16-6-8-17(9-7-16)28-13-18-5-3-11-27-18/h3,5-9,11,15H,2,4,10,12-13H2,1H3,(H,22,26)(H,21,23,24). The minimum atomic E-state index is -0.110. The summed E-state index contributed by atoms with van der Waals surface area (Å²) < 4.78 is 10.9. The predicted molar refractivity (Wildman–Crippen MR) is 103 cm³/mol. The number of aromatic nitrogens is 3. The summed E-state index contributed by atoms with van der Waals surface area (Å²) in [5, 5.41) is 10.1. The van der Waals surface area contributed by atoms with E-state index in [2.05, 4.69) is 20.5 Å². The number of carbonyl (C=O) groups is 1. The van der Waals surface area contributed by atoms with Crippen LogP contribution >= 0.6 is 0 Å². The van der Waals surface area contributed by atoms with Gasteiger partial charge < -0.3 is 19.4 Å². The van der Waals surface area contributed by atoms with Gasteiger partial charge in [-0.1, -0.05) is 0 Å². The second-order valence-electron chi connectivity index (χ2n) is 6.89. The van der Waals surface area contributed by atoms with Crippen LogP contribution in [0.5, 0.6) is 5.75 Å². The molecule has 2 aromatic heterocycles. The summed E-state index contributed by atoms with van der Waals surface area (Å²) in [5.74, 6) is 3.23. The van der Waals surface area contributed by atoms with E-state index >= 15 is 0 Å². The van der Waals surface area contributed by atoms with Crippen LogP contribution in [0.1, 0.15) is 36.2 Å². The van der Waals surface area contributed by atoms with Crippen LogP contribution in [0.25, 0.3) is 0 Å². The molecule has 1 aromatic carbocycles. The molecule has 3 heterocycles. The molecule has 0 aliphatic carbocycles. The van der Waals surface area contributed by atoms with E-state index in [-0.39, 0.29) is 11.9 Å². The summed E-state index contributed by atoms with van der Waals surface area (Å²) in [6.45, 7) is 3.60. The van der Waals surface area contributed by atoms with Gasteiger partial charge in [0.2, 0.25) is 0 Å². The molecule has 28 heavy (non-hydrogen) atoms. The molecule has 3 aromatic rings. The van der Waals surface area contributed by atoms with Crippen LogP contribution in [0, 0.1) is 6.92 Å². The fourth-order valence-corrected chi connectivity index (χ4v) is 3.30. The first kappa shape index (κ1) is 18.1. The quantitative estimate of drug-likeness (QED) is 0.702. The van der Waals surface area contributed by atoms with Gasteiger partial charge in [-0.2, -0.15) is 5.10 Å². The van der Waals surface area contributed by atoms with Crippen molar-refractivity contribution in [2.45, 2.75) is 32.3 Å². The largest absolute Gasteiger partial charge is 0.486 e. The SMILES string of the molecule is Cc1nc(C2CCCN(C(=O)Nc3ccc(OCc4ccco4)cc3)C2)n[nH]1. The molecule has 0 spiro atoms. The lowest BCUT2D eigenvalue weighted by atomic mass is 9.98. The van der Waals surface area contributed by atoms with Crippen molar-refractivity contribution in [1.82, 2.24) is 20.1 Å². The van der Waals surface area contributed by atoms with Gasteiger partial charge >= 0.3 is 6.03 Å². The van der Waals surface area contributed by atoms with E-state index in [1.54, 1.807) is 6.26 Å². The average molecular weight is 381 g/mol. The smallest absolute Gasteiger partial charge is 0.321 e. The highest BCUT2D eigenvalue weighted by Crippen LogP contribution is 2.25. The second kappa shape index (κ2) is 8.16. The lowest BCUT2D eigenvalue weighted by Crippen LogP contribution is -2.41. The number of furan rings is 1. The molecule has 2 N–H and O–H groups in total. The van der Waals surface area contributed by atoms with Crippen LogP contribution in [-0.4, -0.2) is 39.2 Å². The summed E-state index contributed by atoms with van der Waals surface area (Å²) in [6, 6.07) is 10.9. The maximum atomic E-state index is 12.6. The zero-order chi connectivity index (χ0) is 19.3. The summed E-state index contributed by atoms with van der Waals surface area (Å²) in [4.78, 5) is 18.9. The number of ether oxygens (including phenoxy) is 1. The molecule has 1 saturated heterocycles. The third-order valence-corrected chi connectivity index (χ3v) is 4.76. The van der Waals surface area contributed by atoms with Crippen LogP contribution < -0.4 is 10.1 Å². The van der Waals surface area contributed by atoms with Gasteiger partial charge in [0.05, 0.1) is 6.26 Å². The van der Waals surface area contributed by atoms with Gasteiger partial charge in [0, 0.05) is 24.7 Å². The molecule has 1 aliphatic heterocycles. The van der Waals surface area contributed by atoms with Crippen LogP contribution in [0.15, 0.2) is 47.1 Å². The Morgan fingerprint density at radius 2 is 2.21 bits per heavy atom. The maximum Gasteiger partial charge on any atom is 0.321 e. The molecule has 4 rings (SSSR count). The number of aromatic amines is 1. The molecule has 1 atom stereocenters. The Morgan fingerprint density at radius 1 is 1.36 bits per heavy atom. The Balaban J connectivity index is 1.31. The van der Waals surface area contributed by atoms with Gasteiger partial charge in [-0.25, -0.2) is 9.78 Å². The third-order valence-electron chi connectivity index (χ3n) is 4.76. The first-order chi connectivity index (χ1) is 13.7. The van der Waals surface area contributed by atoms with Crippen LogP contribution in [-0.2, 0) is 6.61 Å². The number of H-pyrrole nitrogens is 1. The molecule has 1 fully saturated rings. The lowest BCUT2D eigenvalue weighted by molar-refractivity contribution is 0.191. The van der Waals surface area contributed by atoms with Crippen molar-refractivity contribution < 1.29 is 13.9 Å². The summed E-state index contributed by atoms with van der Waals surface area (Å²) >= 11 is 0. The van der Waals surface area contributed by atoms with Gasteiger partial charge in [-0.05, 0) is 56.2 Å². The minimum absolute atomic E-state index is 0.110. The Hall–Kier alpha value is -3.29. The van der Waals surface area contributed by atoms with Crippen molar-refractivity contribution in [1.29, 1.82) is 0 Å². The normalized spacial score (nSPS) is 16.8. The third kappa shape index (κ3) is 4.33. The number of urea groups is 1. The minimum Gasteiger partial charge on any atom is -0.486 e. The number of hydrogen-bond donors (Lipinski definition) is 2. The average Bonchev–Trinajstić information content (AvgIpc) is 3.39. The number of nitrogens with one attached hydrogen (secondary N) is 2. The van der Waals surface area contributed by atoms with Gasteiger partial charge in [0.25, 0.3) is 0 Å². The van der Waals surface area contributed by atoms with Crippen molar-refractivity contribution in [3.05, 3.63) is 60.1 Å². The number of piperidine rings is 1. The van der Waals surface area contributed by atoms with E-state index in [4.69, 9.17) is 9.15 Å². The number of likely N-dealkylation sites (tertiary alicyclic amines) is 1. The first-order valence-electron chi connectivity index (χ1n) is 9.37. The molecule has 0 bridgehead atoms. The van der Waals surface area contributed by atoms with Crippen molar-refractivity contribution in [2.75, 3.05) is 18.4 Å². The second-order valence-corrected chi connectivity index (χ2v) is 6.89. The highest BCUT2D eigenvalue weighted by Gasteiger charge is 2.27. The summed E-state index contributed by atoms with van der Waals surface area (Å²) in [7, 11) is 0. The fourth-order valence-electron chi connectivity index (χ4n) is 3.30. The van der Waals surface area contributed by atoms with Crippen LogP contribution in [0.2, 0.25) is 0 Å². The molecule has 0 saturated carbocycles. The Kier molecular flexibility index (Phi) is 5.27. The molecule has 2 amide bonds. The van der Waals surface area contributed by atoms with Gasteiger partial charge in [0.1, 0.15) is 23.9 Å². The predicted octanol–water partition coefficient (Wildman–Crippen LogP) is 3.70. The Bertz CT molecular complexity index is 904. The number of amides is 2. The number of benzene rings is 1. The van der Waals surface area contributed by atoms with Crippen molar-refractivity contribution >= 4 is 11.7 Å². The monoisotopic (exact) mass is 381 g/mol. The highest BCUT2D eigenvalue weighted by atomic mass is 16.5. The fraction of sp³-hybridized carbons (Fsp3) is 0.350. The highest BCUT2D eigenvalue weighted by molar-refractivity contribution is 5.89.